The zero-order chi connectivity index (χ0) is 45.6. The Morgan fingerprint density at radius 1 is 0.365 bits per heavy atom. The minimum absolute atomic E-state index is 0.0724. The van der Waals surface area contributed by atoms with E-state index in [0.29, 0.717) is 6.42 Å². The predicted octanol–water partition coefficient (Wildman–Crippen LogP) is 18.9. The molecule has 0 aliphatic heterocycles. The fraction of sp³-hybridized carbons (Fsp3) is 0.881. The van der Waals surface area contributed by atoms with Crippen LogP contribution >= 0.6 is 0 Å². The van der Waals surface area contributed by atoms with Crippen molar-refractivity contribution in [3.05, 3.63) is 36.5 Å². The van der Waals surface area contributed by atoms with Gasteiger partial charge >= 0.3 is 0 Å². The zero-order valence-corrected chi connectivity index (χ0v) is 42.9. The molecule has 63 heavy (non-hydrogen) atoms. The maximum absolute atomic E-state index is 12.5. The minimum atomic E-state index is -0.868. The molecule has 0 fully saturated rings. The number of hydrogen-bond acceptors (Lipinski definition) is 3. The lowest BCUT2D eigenvalue weighted by molar-refractivity contribution is -0.123. The monoisotopic (exact) mass is 884 g/mol. The van der Waals surface area contributed by atoms with Crippen LogP contribution in [0.4, 0.5) is 0 Å². The lowest BCUT2D eigenvalue weighted by atomic mass is 10.0. The van der Waals surface area contributed by atoms with Gasteiger partial charge in [0.15, 0.2) is 0 Å². The maximum atomic E-state index is 12.5. The molecule has 4 heteroatoms. The first-order chi connectivity index (χ1) is 31.2. The van der Waals surface area contributed by atoms with E-state index in [1.807, 2.05) is 6.08 Å². The Morgan fingerprint density at radius 2 is 0.619 bits per heavy atom. The largest absolute Gasteiger partial charge is 0.394 e. The summed E-state index contributed by atoms with van der Waals surface area (Å²) in [5.74, 6) is -0.0724. The Morgan fingerprint density at radius 3 is 0.921 bits per heavy atom. The van der Waals surface area contributed by atoms with Crippen LogP contribution in [0.1, 0.15) is 316 Å². The van der Waals surface area contributed by atoms with Crippen molar-refractivity contribution in [2.45, 2.75) is 328 Å². The highest BCUT2D eigenvalue weighted by molar-refractivity contribution is 5.76. The molecule has 0 rings (SSSR count). The molecule has 0 spiro atoms. The van der Waals surface area contributed by atoms with Gasteiger partial charge in [-0.15, -0.1) is 0 Å². The molecule has 0 radical (unpaired) electrons. The van der Waals surface area contributed by atoms with Crippen LogP contribution in [0, 0.1) is 0 Å². The van der Waals surface area contributed by atoms with Gasteiger partial charge in [-0.1, -0.05) is 301 Å². The highest BCUT2D eigenvalue weighted by atomic mass is 16.3. The van der Waals surface area contributed by atoms with Crippen LogP contribution in [0.5, 0.6) is 0 Å². The Labute approximate surface area is 395 Å². The molecule has 0 aliphatic carbocycles. The van der Waals surface area contributed by atoms with Crippen molar-refractivity contribution >= 4 is 5.91 Å². The van der Waals surface area contributed by atoms with Gasteiger partial charge in [0, 0.05) is 6.42 Å². The van der Waals surface area contributed by atoms with Crippen LogP contribution in [0.2, 0.25) is 0 Å². The second-order valence-electron chi connectivity index (χ2n) is 19.7. The van der Waals surface area contributed by atoms with E-state index in [2.05, 4.69) is 43.5 Å². The third-order valence-electron chi connectivity index (χ3n) is 13.4. The molecule has 0 aliphatic rings. The molecule has 0 saturated heterocycles. The van der Waals surface area contributed by atoms with Gasteiger partial charge in [0.1, 0.15) is 0 Å². The Balaban J connectivity index is 3.44. The van der Waals surface area contributed by atoms with Gasteiger partial charge in [0.2, 0.25) is 5.91 Å². The standard InChI is InChI=1S/C59H113NO3/c1-3-5-7-9-11-13-15-17-19-21-22-23-24-25-26-27-28-29-30-31-32-33-34-35-36-37-39-41-43-45-47-49-51-53-55-59(63)60-57(56-61)58(62)54-52-50-48-46-44-42-40-38-20-18-16-14-12-10-8-6-4-2/h20,38,44,46,52,54,57-58,61-62H,3-19,21-37,39-43,45,47-51,53,55-56H2,1-2H3,(H,60,63)/b38-20+,46-44+,54-52+. The van der Waals surface area contributed by atoms with Crippen molar-refractivity contribution < 1.29 is 15.0 Å². The van der Waals surface area contributed by atoms with Crippen molar-refractivity contribution in [3.63, 3.8) is 0 Å². The summed E-state index contributed by atoms with van der Waals surface area (Å²) in [6.45, 7) is 4.31. The number of hydrogen-bond donors (Lipinski definition) is 3. The number of unbranched alkanes of at least 4 members (excludes halogenated alkanes) is 42. The molecule has 0 heterocycles. The summed E-state index contributed by atoms with van der Waals surface area (Å²) in [6.07, 6.45) is 74.7. The summed E-state index contributed by atoms with van der Waals surface area (Å²) in [5.41, 5.74) is 0. The van der Waals surface area contributed by atoms with Gasteiger partial charge in [0.05, 0.1) is 18.8 Å². The summed E-state index contributed by atoms with van der Waals surface area (Å²) >= 11 is 0. The third-order valence-corrected chi connectivity index (χ3v) is 13.4. The Kier molecular flexibility index (Phi) is 53.7. The van der Waals surface area contributed by atoms with Gasteiger partial charge in [-0.2, -0.15) is 0 Å². The summed E-state index contributed by atoms with van der Waals surface area (Å²) in [7, 11) is 0. The third kappa shape index (κ3) is 51.5. The van der Waals surface area contributed by atoms with Crippen LogP contribution in [0.3, 0.4) is 0 Å². The quantitative estimate of drug-likeness (QED) is 0.0421. The fourth-order valence-electron chi connectivity index (χ4n) is 8.98. The van der Waals surface area contributed by atoms with Gasteiger partial charge in [-0.05, 0) is 44.9 Å². The Hall–Kier alpha value is -1.39. The van der Waals surface area contributed by atoms with E-state index in [0.717, 1.165) is 38.5 Å². The van der Waals surface area contributed by atoms with Crippen molar-refractivity contribution in [3.8, 4) is 0 Å². The molecule has 3 N–H and O–H groups in total. The molecule has 2 atom stereocenters. The van der Waals surface area contributed by atoms with Crippen LogP contribution in [-0.2, 0) is 4.79 Å². The number of allylic oxidation sites excluding steroid dienone is 5. The number of nitrogens with one attached hydrogen (secondary N) is 1. The van der Waals surface area contributed by atoms with E-state index in [4.69, 9.17) is 0 Å². The van der Waals surface area contributed by atoms with Crippen LogP contribution in [0.25, 0.3) is 0 Å². The average Bonchev–Trinajstić information content (AvgIpc) is 3.29. The second-order valence-corrected chi connectivity index (χ2v) is 19.7. The van der Waals surface area contributed by atoms with E-state index < -0.39 is 12.1 Å². The van der Waals surface area contributed by atoms with E-state index in [-0.39, 0.29) is 12.5 Å². The maximum Gasteiger partial charge on any atom is 0.220 e. The first-order valence-corrected chi connectivity index (χ1v) is 28.7. The second kappa shape index (κ2) is 54.9. The lowest BCUT2D eigenvalue weighted by Gasteiger charge is -2.19. The molecule has 0 bridgehead atoms. The number of rotatable bonds is 53. The molecule has 0 aromatic carbocycles. The molecule has 1 amide bonds. The summed E-state index contributed by atoms with van der Waals surface area (Å²) < 4.78 is 0. The Bertz CT molecular complexity index is 958. The first-order valence-electron chi connectivity index (χ1n) is 28.7. The van der Waals surface area contributed by atoms with E-state index in [9.17, 15) is 15.0 Å². The molecular weight excluding hydrogens is 771 g/mol. The summed E-state index contributed by atoms with van der Waals surface area (Å²) in [6, 6.07) is -0.643. The molecule has 4 nitrogen and oxygen atoms in total. The van der Waals surface area contributed by atoms with Gasteiger partial charge in [0.25, 0.3) is 0 Å². The minimum Gasteiger partial charge on any atom is -0.394 e. The van der Waals surface area contributed by atoms with Crippen molar-refractivity contribution in [2.75, 3.05) is 6.61 Å². The van der Waals surface area contributed by atoms with E-state index >= 15 is 0 Å². The molecule has 0 aromatic heterocycles. The fourth-order valence-corrected chi connectivity index (χ4v) is 8.98. The molecular formula is C59H113NO3. The summed E-state index contributed by atoms with van der Waals surface area (Å²) in [5, 5.41) is 23.1. The van der Waals surface area contributed by atoms with Crippen molar-refractivity contribution in [2.24, 2.45) is 0 Å². The van der Waals surface area contributed by atoms with Gasteiger partial charge < -0.3 is 15.5 Å². The highest BCUT2D eigenvalue weighted by Crippen LogP contribution is 2.18. The topological polar surface area (TPSA) is 69.6 Å². The number of amides is 1. The average molecular weight is 885 g/mol. The smallest absolute Gasteiger partial charge is 0.220 e. The molecule has 2 unspecified atom stereocenters. The lowest BCUT2D eigenvalue weighted by Crippen LogP contribution is -2.45. The SMILES string of the molecule is CCCCCCCCC/C=C/CC/C=C/CC/C=C/C(O)C(CO)NC(=O)CCCCCCCCCCCCCCCCCCCCCCCCCCCCCCCCCCCC. The molecule has 0 saturated carbocycles. The van der Waals surface area contributed by atoms with E-state index in [1.54, 1.807) is 6.08 Å². The number of aliphatic hydroxyl groups excluding tert-OH is 2. The molecule has 372 valence electrons. The number of carbonyl (C=O) groups excluding carboxylic acids is 1. The zero-order valence-electron chi connectivity index (χ0n) is 42.9. The van der Waals surface area contributed by atoms with Crippen molar-refractivity contribution in [1.29, 1.82) is 0 Å². The van der Waals surface area contributed by atoms with Crippen molar-refractivity contribution in [1.82, 2.24) is 5.32 Å². The normalized spacial score (nSPS) is 13.0. The van der Waals surface area contributed by atoms with Crippen LogP contribution < -0.4 is 5.32 Å². The van der Waals surface area contributed by atoms with Crippen LogP contribution in [0.15, 0.2) is 36.5 Å². The predicted molar refractivity (Wildman–Crippen MR) is 281 cm³/mol. The molecule has 0 aromatic rings. The van der Waals surface area contributed by atoms with Crippen LogP contribution in [-0.4, -0.2) is 34.9 Å². The first kappa shape index (κ1) is 61.6. The number of aliphatic hydroxyl groups is 2. The van der Waals surface area contributed by atoms with Gasteiger partial charge in [-0.25, -0.2) is 0 Å². The summed E-state index contributed by atoms with van der Waals surface area (Å²) in [4.78, 5) is 12.5. The highest BCUT2D eigenvalue weighted by Gasteiger charge is 2.18. The van der Waals surface area contributed by atoms with E-state index in [1.165, 1.54) is 257 Å². The van der Waals surface area contributed by atoms with Gasteiger partial charge in [-0.3, -0.25) is 4.79 Å². The number of carbonyl (C=O) groups is 1.